The Labute approximate surface area is 93.1 Å². The molecule has 1 aromatic heterocycles. The maximum Gasteiger partial charge on any atom is 0.0337 e. The Balaban J connectivity index is 2.78. The second-order valence-corrected chi connectivity index (χ2v) is 4.54. The van der Waals surface area contributed by atoms with Crippen molar-refractivity contribution in [3.05, 3.63) is 29.6 Å². The molecule has 0 aliphatic rings. The van der Waals surface area contributed by atoms with Crippen LogP contribution in [-0.2, 0) is 0 Å². The first kappa shape index (κ1) is 12.2. The Morgan fingerprint density at radius 1 is 1.33 bits per heavy atom. The van der Waals surface area contributed by atoms with Gasteiger partial charge >= 0.3 is 0 Å². The average molecular weight is 206 g/mol. The van der Waals surface area contributed by atoms with Gasteiger partial charge in [0.1, 0.15) is 0 Å². The molecular weight excluding hydrogens is 184 g/mol. The van der Waals surface area contributed by atoms with Gasteiger partial charge in [0.25, 0.3) is 0 Å². The van der Waals surface area contributed by atoms with Crippen LogP contribution in [0, 0.1) is 12.8 Å². The Morgan fingerprint density at radius 2 is 2.07 bits per heavy atom. The Kier molecular flexibility index (Phi) is 4.76. The first-order chi connectivity index (χ1) is 7.13. The molecule has 1 unspecified atom stereocenters. The van der Waals surface area contributed by atoms with Crippen LogP contribution in [0.2, 0.25) is 0 Å². The van der Waals surface area contributed by atoms with Crippen LogP contribution in [-0.4, -0.2) is 11.5 Å². The van der Waals surface area contributed by atoms with E-state index in [2.05, 4.69) is 44.1 Å². The van der Waals surface area contributed by atoms with E-state index in [0.717, 1.165) is 6.54 Å². The number of nitrogens with one attached hydrogen (secondary N) is 1. The number of nitrogens with zero attached hydrogens (tertiary/aromatic N) is 1. The van der Waals surface area contributed by atoms with Gasteiger partial charge in [-0.05, 0) is 36.9 Å². The van der Waals surface area contributed by atoms with E-state index < -0.39 is 0 Å². The van der Waals surface area contributed by atoms with E-state index in [1.807, 2.05) is 12.4 Å². The molecule has 1 N–H and O–H groups in total. The second kappa shape index (κ2) is 5.86. The van der Waals surface area contributed by atoms with Gasteiger partial charge in [-0.1, -0.05) is 26.8 Å². The quantitative estimate of drug-likeness (QED) is 0.800. The molecule has 0 radical (unpaired) electrons. The lowest BCUT2D eigenvalue weighted by atomic mass is 9.97. The van der Waals surface area contributed by atoms with Crippen LogP contribution < -0.4 is 5.32 Å². The zero-order valence-corrected chi connectivity index (χ0v) is 10.2. The van der Waals surface area contributed by atoms with E-state index in [-0.39, 0.29) is 0 Å². The standard InChI is InChI=1S/C13H22N2/c1-5-15-13(6-10(2)3)12-7-11(4)8-14-9-12/h7-10,13,15H,5-6H2,1-4H3. The summed E-state index contributed by atoms with van der Waals surface area (Å²) < 4.78 is 0. The summed E-state index contributed by atoms with van der Waals surface area (Å²) in [6.07, 6.45) is 5.05. The maximum atomic E-state index is 4.25. The Hall–Kier alpha value is -0.890. The third kappa shape index (κ3) is 4.00. The van der Waals surface area contributed by atoms with Crippen molar-refractivity contribution in [1.82, 2.24) is 10.3 Å². The average Bonchev–Trinajstić information content (AvgIpc) is 2.16. The molecule has 0 amide bonds. The summed E-state index contributed by atoms with van der Waals surface area (Å²) in [5.74, 6) is 0.703. The highest BCUT2D eigenvalue weighted by molar-refractivity contribution is 5.20. The lowest BCUT2D eigenvalue weighted by molar-refractivity contribution is 0.437. The molecule has 0 saturated carbocycles. The second-order valence-electron chi connectivity index (χ2n) is 4.54. The van der Waals surface area contributed by atoms with Crippen molar-refractivity contribution in [1.29, 1.82) is 0 Å². The van der Waals surface area contributed by atoms with E-state index >= 15 is 0 Å². The summed E-state index contributed by atoms with van der Waals surface area (Å²) in [5.41, 5.74) is 2.55. The highest BCUT2D eigenvalue weighted by Gasteiger charge is 2.12. The van der Waals surface area contributed by atoms with Crippen LogP contribution in [0.25, 0.3) is 0 Å². The van der Waals surface area contributed by atoms with Crippen LogP contribution >= 0.6 is 0 Å². The summed E-state index contributed by atoms with van der Waals surface area (Å²) >= 11 is 0. The maximum absolute atomic E-state index is 4.25. The van der Waals surface area contributed by atoms with E-state index in [4.69, 9.17) is 0 Å². The minimum atomic E-state index is 0.447. The van der Waals surface area contributed by atoms with Crippen LogP contribution in [0.3, 0.4) is 0 Å². The van der Waals surface area contributed by atoms with Gasteiger partial charge < -0.3 is 5.32 Å². The smallest absolute Gasteiger partial charge is 0.0337 e. The van der Waals surface area contributed by atoms with Crippen molar-refractivity contribution >= 4 is 0 Å². The van der Waals surface area contributed by atoms with Crippen molar-refractivity contribution in [2.75, 3.05) is 6.54 Å². The van der Waals surface area contributed by atoms with Crippen LogP contribution in [0.15, 0.2) is 18.5 Å². The highest BCUT2D eigenvalue weighted by atomic mass is 14.9. The Bertz CT molecular complexity index is 294. The van der Waals surface area contributed by atoms with Crippen LogP contribution in [0.5, 0.6) is 0 Å². The number of rotatable bonds is 5. The fourth-order valence-electron chi connectivity index (χ4n) is 1.82. The predicted molar refractivity (Wildman–Crippen MR) is 64.8 cm³/mol. The molecule has 0 aromatic carbocycles. The number of pyridine rings is 1. The van der Waals surface area contributed by atoms with Gasteiger partial charge in [0.2, 0.25) is 0 Å². The van der Waals surface area contributed by atoms with Crippen molar-refractivity contribution in [3.63, 3.8) is 0 Å². The molecule has 2 heteroatoms. The summed E-state index contributed by atoms with van der Waals surface area (Å²) in [4.78, 5) is 4.25. The molecular formula is C13H22N2. The van der Waals surface area contributed by atoms with Gasteiger partial charge in [0, 0.05) is 18.4 Å². The first-order valence-electron chi connectivity index (χ1n) is 5.78. The number of aryl methyl sites for hydroxylation is 1. The van der Waals surface area contributed by atoms with E-state index in [1.54, 1.807) is 0 Å². The van der Waals surface area contributed by atoms with Crippen molar-refractivity contribution in [3.8, 4) is 0 Å². The first-order valence-corrected chi connectivity index (χ1v) is 5.78. The van der Waals surface area contributed by atoms with Crippen molar-refractivity contribution in [2.24, 2.45) is 5.92 Å². The van der Waals surface area contributed by atoms with Crippen molar-refractivity contribution in [2.45, 2.75) is 40.2 Å². The predicted octanol–water partition coefficient (Wildman–Crippen LogP) is 3.09. The van der Waals surface area contributed by atoms with Gasteiger partial charge in [0.15, 0.2) is 0 Å². The molecule has 2 nitrogen and oxygen atoms in total. The van der Waals surface area contributed by atoms with Gasteiger partial charge in [-0.2, -0.15) is 0 Å². The molecule has 1 aromatic rings. The fourth-order valence-corrected chi connectivity index (χ4v) is 1.82. The van der Waals surface area contributed by atoms with Gasteiger partial charge in [0.05, 0.1) is 0 Å². The van der Waals surface area contributed by atoms with Gasteiger partial charge in [-0.3, -0.25) is 4.98 Å². The van der Waals surface area contributed by atoms with Gasteiger partial charge in [-0.15, -0.1) is 0 Å². The number of hydrogen-bond acceptors (Lipinski definition) is 2. The molecule has 15 heavy (non-hydrogen) atoms. The number of aromatic nitrogens is 1. The van der Waals surface area contributed by atoms with E-state index in [1.165, 1.54) is 17.5 Å². The lowest BCUT2D eigenvalue weighted by Gasteiger charge is -2.20. The number of hydrogen-bond donors (Lipinski definition) is 1. The minimum Gasteiger partial charge on any atom is -0.310 e. The largest absolute Gasteiger partial charge is 0.310 e. The van der Waals surface area contributed by atoms with E-state index in [9.17, 15) is 0 Å². The molecule has 1 atom stereocenters. The minimum absolute atomic E-state index is 0.447. The Morgan fingerprint density at radius 3 is 2.60 bits per heavy atom. The zero-order valence-electron chi connectivity index (χ0n) is 10.2. The summed E-state index contributed by atoms with van der Waals surface area (Å²) in [7, 11) is 0. The van der Waals surface area contributed by atoms with E-state index in [0.29, 0.717) is 12.0 Å². The molecule has 0 spiro atoms. The van der Waals surface area contributed by atoms with Crippen LogP contribution in [0.1, 0.15) is 44.4 Å². The third-order valence-electron chi connectivity index (χ3n) is 2.46. The van der Waals surface area contributed by atoms with Crippen molar-refractivity contribution < 1.29 is 0 Å². The molecule has 0 bridgehead atoms. The third-order valence-corrected chi connectivity index (χ3v) is 2.46. The molecule has 0 aliphatic heterocycles. The molecule has 1 rings (SSSR count). The molecule has 0 fully saturated rings. The topological polar surface area (TPSA) is 24.9 Å². The molecule has 1 heterocycles. The summed E-state index contributed by atoms with van der Waals surface area (Å²) in [6.45, 7) is 9.76. The fraction of sp³-hybridized carbons (Fsp3) is 0.615. The lowest BCUT2D eigenvalue weighted by Crippen LogP contribution is -2.22. The zero-order chi connectivity index (χ0) is 11.3. The van der Waals surface area contributed by atoms with Gasteiger partial charge in [-0.25, -0.2) is 0 Å². The normalized spacial score (nSPS) is 13.1. The molecule has 0 saturated heterocycles. The highest BCUT2D eigenvalue weighted by Crippen LogP contribution is 2.20. The SMILES string of the molecule is CCNC(CC(C)C)c1cncc(C)c1. The summed E-state index contributed by atoms with van der Waals surface area (Å²) in [5, 5.41) is 3.52. The van der Waals surface area contributed by atoms with Crippen LogP contribution in [0.4, 0.5) is 0 Å². The molecule has 0 aliphatic carbocycles. The molecule has 84 valence electrons. The monoisotopic (exact) mass is 206 g/mol. The summed E-state index contributed by atoms with van der Waals surface area (Å²) in [6, 6.07) is 2.67.